The largest absolute Gasteiger partial charge is 0.681 e. The summed E-state index contributed by atoms with van der Waals surface area (Å²) in [5.74, 6) is 0. The summed E-state index contributed by atoms with van der Waals surface area (Å²) in [6, 6.07) is 0. The Hall–Kier alpha value is -0.0600. The van der Waals surface area contributed by atoms with Gasteiger partial charge < -0.3 is 19.4 Å². The minimum Gasteiger partial charge on any atom is -0.681 e. The number of rotatable bonds is 2. The van der Waals surface area contributed by atoms with Crippen LogP contribution in [-0.2, 0) is 9.53 Å². The van der Waals surface area contributed by atoms with Crippen molar-refractivity contribution in [2.24, 2.45) is 0 Å². The summed E-state index contributed by atoms with van der Waals surface area (Å²) in [5.41, 5.74) is -1.33. The Morgan fingerprint density at radius 2 is 1.90 bits per heavy atom. The van der Waals surface area contributed by atoms with Gasteiger partial charge in [-0.05, 0) is 6.92 Å². The van der Waals surface area contributed by atoms with Crippen molar-refractivity contribution in [1.29, 1.82) is 0 Å². The average Bonchev–Trinajstić information content (AvgIpc) is 2.42. The van der Waals surface area contributed by atoms with Crippen molar-refractivity contribution in [3.05, 3.63) is 0 Å². The van der Waals surface area contributed by atoms with Gasteiger partial charge in [0.1, 0.15) is 0 Å². The van der Waals surface area contributed by atoms with Crippen LogP contribution in [0.3, 0.4) is 0 Å². The summed E-state index contributed by atoms with van der Waals surface area (Å²) in [6.07, 6.45) is -1.41. The van der Waals surface area contributed by atoms with Gasteiger partial charge in [0.25, 0.3) is 5.52 Å². The van der Waals surface area contributed by atoms with E-state index >= 15 is 0 Å². The molecule has 10 heavy (non-hydrogen) atoms. The number of epoxide rings is 1. The summed E-state index contributed by atoms with van der Waals surface area (Å²) in [6.45, 7) is 1.53. The molecular formula is C4H5O5P-2. The summed E-state index contributed by atoms with van der Waals surface area (Å²) in [4.78, 5) is 40.4. The monoisotopic (exact) mass is 164 g/mol. The Morgan fingerprint density at radius 3 is 2.00 bits per heavy atom. The van der Waals surface area contributed by atoms with Crippen molar-refractivity contribution >= 4 is 13.5 Å². The third-order valence-electron chi connectivity index (χ3n) is 1.22. The van der Waals surface area contributed by atoms with Crippen molar-refractivity contribution < 1.29 is 24.2 Å². The Bertz CT molecular complexity index is 162. The maximum absolute atomic E-state index is 10.4. The zero-order valence-electron chi connectivity index (χ0n) is 5.14. The molecule has 0 bridgehead atoms. The molecular weight excluding hydrogens is 159 g/mol. The molecule has 0 aromatic rings. The van der Waals surface area contributed by atoms with E-state index in [9.17, 15) is 19.5 Å². The Labute approximate surface area is 57.8 Å². The van der Waals surface area contributed by atoms with E-state index in [1.165, 1.54) is 6.92 Å². The molecule has 0 aromatic carbocycles. The lowest BCUT2D eigenvalue weighted by Crippen LogP contribution is -2.40. The van der Waals surface area contributed by atoms with Gasteiger partial charge in [-0.2, -0.15) is 0 Å². The van der Waals surface area contributed by atoms with Crippen molar-refractivity contribution in [1.82, 2.24) is 0 Å². The van der Waals surface area contributed by atoms with Crippen LogP contribution in [0.1, 0.15) is 6.92 Å². The van der Waals surface area contributed by atoms with Crippen LogP contribution in [0, 0.1) is 0 Å². The van der Waals surface area contributed by atoms with Crippen molar-refractivity contribution in [2.75, 3.05) is 0 Å². The van der Waals surface area contributed by atoms with Gasteiger partial charge in [0, 0.05) is 0 Å². The first-order valence-corrected chi connectivity index (χ1v) is 4.19. The van der Waals surface area contributed by atoms with E-state index in [-0.39, 0.29) is 0 Å². The molecule has 5 nitrogen and oxygen atoms in total. The molecule has 0 aromatic heterocycles. The third-order valence-corrected chi connectivity index (χ3v) is 2.02. The molecule has 1 heterocycles. The fraction of sp³-hybridized carbons (Fsp3) is 0.750. The van der Waals surface area contributed by atoms with Gasteiger partial charge in [-0.3, -0.25) is 4.79 Å². The summed E-state index contributed by atoms with van der Waals surface area (Å²) in [5, 5.41) is 0. The Balaban J connectivity index is 2.51. The van der Waals surface area contributed by atoms with Crippen LogP contribution in [0.5, 0.6) is 0 Å². The molecule has 0 spiro atoms. The van der Waals surface area contributed by atoms with E-state index in [1.807, 2.05) is 0 Å². The second-order valence-corrected chi connectivity index (χ2v) is 3.53. The molecule has 1 rings (SSSR count). The lowest BCUT2D eigenvalue weighted by atomic mass is 10.4. The number of carbonyl (C=O) groups is 1. The first kappa shape index (κ1) is 8.04. The van der Waals surface area contributed by atoms with Gasteiger partial charge in [-0.25, -0.2) is 0 Å². The van der Waals surface area contributed by atoms with Gasteiger partial charge in [0.2, 0.25) is 0 Å². The van der Waals surface area contributed by atoms with Gasteiger partial charge in [0.15, 0.2) is 6.10 Å². The minimum absolute atomic E-state index is 0.413. The normalized spacial score (nSPS) is 32.0. The fourth-order valence-electron chi connectivity index (χ4n) is 0.601. The number of ether oxygens (including phenoxy) is 1. The van der Waals surface area contributed by atoms with Crippen LogP contribution < -0.4 is 14.7 Å². The molecule has 0 radical (unpaired) electrons. The van der Waals surface area contributed by atoms with Crippen molar-refractivity contribution in [3.63, 3.8) is 0 Å². The number of hydrogen-bond donors (Lipinski definition) is 0. The van der Waals surface area contributed by atoms with Gasteiger partial charge in [-0.1, -0.05) is 7.94 Å². The van der Waals surface area contributed by atoms with Crippen molar-refractivity contribution in [3.8, 4) is 0 Å². The van der Waals surface area contributed by atoms with E-state index in [4.69, 9.17) is 0 Å². The standard InChI is InChI=1S/C4H7O5P/c1-2-3(9-2)4(5)10(6,7)8/h2-3H,1H3,(H2,6,7,8)/p-2/t2-,3+/m1/s1. The number of carbonyl (C=O) groups excluding carboxylic acids is 1. The summed E-state index contributed by atoms with van der Waals surface area (Å²) in [7, 11) is -5.05. The lowest BCUT2D eigenvalue weighted by molar-refractivity contribution is -0.422. The van der Waals surface area contributed by atoms with Gasteiger partial charge in [0.05, 0.1) is 6.10 Å². The Kier molecular flexibility index (Phi) is 1.78. The van der Waals surface area contributed by atoms with Gasteiger partial charge >= 0.3 is 0 Å². The zero-order valence-corrected chi connectivity index (χ0v) is 6.04. The van der Waals surface area contributed by atoms with E-state index in [1.54, 1.807) is 0 Å². The Morgan fingerprint density at radius 1 is 1.50 bits per heavy atom. The summed E-state index contributed by atoms with van der Waals surface area (Å²) >= 11 is 0. The maximum atomic E-state index is 10.4. The first-order valence-electron chi connectivity index (χ1n) is 2.65. The maximum Gasteiger partial charge on any atom is 0.281 e. The molecule has 1 saturated heterocycles. The molecule has 1 fully saturated rings. The molecule has 0 saturated carbocycles. The predicted molar refractivity (Wildman–Crippen MR) is 26.3 cm³/mol. The van der Waals surface area contributed by atoms with Crippen molar-refractivity contribution in [2.45, 2.75) is 19.1 Å². The highest BCUT2D eigenvalue weighted by atomic mass is 31.2. The highest BCUT2D eigenvalue weighted by molar-refractivity contribution is 7.72. The molecule has 0 aliphatic carbocycles. The second-order valence-electron chi connectivity index (χ2n) is 2.10. The van der Waals surface area contributed by atoms with Crippen LogP contribution in [0.25, 0.3) is 0 Å². The summed E-state index contributed by atoms with van der Waals surface area (Å²) < 4.78 is 4.48. The molecule has 58 valence electrons. The van der Waals surface area contributed by atoms with Crippen LogP contribution in [0.15, 0.2) is 0 Å². The quantitative estimate of drug-likeness (QED) is 0.323. The molecule has 0 amide bonds. The molecule has 0 N–H and O–H groups in total. The van der Waals surface area contributed by atoms with E-state index in [0.717, 1.165) is 0 Å². The van der Waals surface area contributed by atoms with Crippen LogP contribution in [0.2, 0.25) is 0 Å². The van der Waals surface area contributed by atoms with Gasteiger partial charge in [-0.15, -0.1) is 0 Å². The predicted octanol–water partition coefficient (Wildman–Crippen LogP) is -2.86. The average molecular weight is 164 g/mol. The molecule has 1 aliphatic heterocycles. The molecule has 2 atom stereocenters. The highest BCUT2D eigenvalue weighted by Gasteiger charge is 2.45. The van der Waals surface area contributed by atoms with E-state index < -0.39 is 25.7 Å². The zero-order chi connectivity index (χ0) is 7.94. The van der Waals surface area contributed by atoms with Crippen LogP contribution in [0.4, 0.5) is 0 Å². The fourth-order valence-corrected chi connectivity index (χ4v) is 1.18. The number of hydrogen-bond acceptors (Lipinski definition) is 5. The van der Waals surface area contributed by atoms with Crippen LogP contribution in [-0.4, -0.2) is 17.7 Å². The molecule has 6 heteroatoms. The topological polar surface area (TPSA) is 98.8 Å². The minimum atomic E-state index is -5.05. The smallest absolute Gasteiger partial charge is 0.281 e. The highest BCUT2D eigenvalue weighted by Crippen LogP contribution is 2.38. The third kappa shape index (κ3) is 1.51. The first-order chi connectivity index (χ1) is 4.43. The SMILES string of the molecule is C[C@H]1O[C@@H]1C(=O)[P+]([O-])([O-])[O-]. The van der Waals surface area contributed by atoms with Crippen LogP contribution >= 0.6 is 7.94 Å². The molecule has 0 unspecified atom stereocenters. The second kappa shape index (κ2) is 2.22. The lowest BCUT2D eigenvalue weighted by Gasteiger charge is -2.38. The molecule has 1 aliphatic rings. The van der Waals surface area contributed by atoms with E-state index in [2.05, 4.69) is 4.74 Å². The van der Waals surface area contributed by atoms with E-state index in [0.29, 0.717) is 0 Å².